The van der Waals surface area contributed by atoms with Crippen molar-refractivity contribution >= 4 is 21.8 Å². The van der Waals surface area contributed by atoms with Crippen molar-refractivity contribution in [3.8, 4) is 22.4 Å². The monoisotopic (exact) mass is 350 g/mol. The van der Waals surface area contributed by atoms with Gasteiger partial charge >= 0.3 is 0 Å². The Kier molecular flexibility index (Phi) is 3.47. The zero-order chi connectivity index (χ0) is 15.0. The van der Waals surface area contributed by atoms with E-state index in [0.29, 0.717) is 16.8 Å². The highest BCUT2D eigenvalue weighted by atomic mass is 79.9. The predicted octanol–water partition coefficient (Wildman–Crippen LogP) is 4.63. The number of anilines is 1. The molecule has 0 unspecified atom stereocenters. The molecule has 3 nitrogen and oxygen atoms in total. The van der Waals surface area contributed by atoms with E-state index in [1.807, 2.05) is 24.3 Å². The highest BCUT2D eigenvalue weighted by molar-refractivity contribution is 9.10. The number of hydrogen-bond acceptors (Lipinski definition) is 3. The average Bonchev–Trinajstić information content (AvgIpc) is 2.85. The number of hydrogen-bond donors (Lipinski definition) is 1. The summed E-state index contributed by atoms with van der Waals surface area (Å²) in [7, 11) is 0. The molecule has 0 fully saturated rings. The summed E-state index contributed by atoms with van der Waals surface area (Å²) in [5, 5.41) is 3.85. The molecular weight excluding hydrogens is 342 g/mol. The summed E-state index contributed by atoms with van der Waals surface area (Å²) in [4.78, 5) is 0. The lowest BCUT2D eigenvalue weighted by Crippen LogP contribution is -1.90. The molecule has 2 aromatic carbocycles. The average molecular weight is 351 g/mol. The fourth-order valence-electron chi connectivity index (χ4n) is 2.04. The Labute approximate surface area is 127 Å². The fraction of sp³-hybridized carbons (Fsp3) is 0. The van der Waals surface area contributed by atoms with Crippen molar-refractivity contribution in [3.05, 3.63) is 58.6 Å². The molecule has 0 spiro atoms. The van der Waals surface area contributed by atoms with E-state index in [1.165, 1.54) is 6.07 Å². The van der Waals surface area contributed by atoms with E-state index in [1.54, 1.807) is 0 Å². The first-order valence-electron chi connectivity index (χ1n) is 6.03. The number of aromatic nitrogens is 1. The molecule has 0 aliphatic heterocycles. The van der Waals surface area contributed by atoms with Gasteiger partial charge in [0.15, 0.2) is 11.6 Å². The van der Waals surface area contributed by atoms with Gasteiger partial charge < -0.3 is 10.3 Å². The first-order valence-corrected chi connectivity index (χ1v) is 6.82. The third kappa shape index (κ3) is 2.54. The lowest BCUT2D eigenvalue weighted by Gasteiger charge is -2.04. The molecule has 21 heavy (non-hydrogen) atoms. The Morgan fingerprint density at radius 3 is 2.29 bits per heavy atom. The Hall–Kier alpha value is -2.21. The van der Waals surface area contributed by atoms with Gasteiger partial charge in [0.05, 0.1) is 5.56 Å². The van der Waals surface area contributed by atoms with Crippen molar-refractivity contribution in [1.82, 2.24) is 5.16 Å². The van der Waals surface area contributed by atoms with E-state index in [-0.39, 0.29) is 5.88 Å². The second-order valence-corrected chi connectivity index (χ2v) is 5.32. The second kappa shape index (κ2) is 5.29. The van der Waals surface area contributed by atoms with Gasteiger partial charge in [-0.1, -0.05) is 33.2 Å². The lowest BCUT2D eigenvalue weighted by molar-refractivity contribution is 0.439. The third-order valence-electron chi connectivity index (χ3n) is 3.04. The minimum atomic E-state index is -0.948. The molecule has 0 amide bonds. The molecule has 1 aromatic heterocycles. The molecule has 0 saturated carbocycles. The molecule has 1 heterocycles. The number of halogens is 3. The molecule has 0 atom stereocenters. The van der Waals surface area contributed by atoms with Gasteiger partial charge in [-0.05, 0) is 35.9 Å². The first kappa shape index (κ1) is 13.8. The van der Waals surface area contributed by atoms with Gasteiger partial charge in [-0.3, -0.25) is 0 Å². The standard InChI is InChI=1S/C15H9BrF2N2O/c16-10-4-1-8(2-5-10)13-14(20-21-15(13)19)9-3-6-11(17)12(18)7-9/h1-7H,19H2. The van der Waals surface area contributed by atoms with Gasteiger partial charge in [-0.15, -0.1) is 0 Å². The van der Waals surface area contributed by atoms with Crippen LogP contribution in [-0.2, 0) is 0 Å². The summed E-state index contributed by atoms with van der Waals surface area (Å²) in [6, 6.07) is 10.9. The summed E-state index contributed by atoms with van der Waals surface area (Å²) in [5.74, 6) is -1.74. The van der Waals surface area contributed by atoms with Crippen molar-refractivity contribution in [2.45, 2.75) is 0 Å². The zero-order valence-corrected chi connectivity index (χ0v) is 12.2. The van der Waals surface area contributed by atoms with E-state index in [9.17, 15) is 8.78 Å². The highest BCUT2D eigenvalue weighted by Gasteiger charge is 2.18. The SMILES string of the molecule is Nc1onc(-c2ccc(F)c(F)c2)c1-c1ccc(Br)cc1. The molecule has 0 aliphatic carbocycles. The molecule has 3 rings (SSSR count). The topological polar surface area (TPSA) is 52.0 Å². The molecule has 3 aromatic rings. The number of benzene rings is 2. The number of rotatable bonds is 2. The molecule has 0 saturated heterocycles. The van der Waals surface area contributed by atoms with Crippen LogP contribution in [0.1, 0.15) is 0 Å². The van der Waals surface area contributed by atoms with Crippen LogP contribution >= 0.6 is 15.9 Å². The number of nitrogen functional groups attached to an aromatic ring is 1. The van der Waals surface area contributed by atoms with Crippen LogP contribution in [0, 0.1) is 11.6 Å². The molecule has 2 N–H and O–H groups in total. The molecule has 0 aliphatic rings. The first-order chi connectivity index (χ1) is 10.1. The molecular formula is C15H9BrF2N2O. The Morgan fingerprint density at radius 2 is 1.62 bits per heavy atom. The van der Waals surface area contributed by atoms with Gasteiger partial charge in [0.1, 0.15) is 5.69 Å². The van der Waals surface area contributed by atoms with E-state index >= 15 is 0 Å². The summed E-state index contributed by atoms with van der Waals surface area (Å²) in [6.07, 6.45) is 0. The molecule has 0 radical (unpaired) electrons. The van der Waals surface area contributed by atoms with Gasteiger partial charge in [-0.2, -0.15) is 0 Å². The van der Waals surface area contributed by atoms with Crippen molar-refractivity contribution in [2.24, 2.45) is 0 Å². The Morgan fingerprint density at radius 1 is 0.952 bits per heavy atom. The maximum atomic E-state index is 13.4. The number of nitrogens with zero attached hydrogens (tertiary/aromatic N) is 1. The summed E-state index contributed by atoms with van der Waals surface area (Å²) in [6.45, 7) is 0. The van der Waals surface area contributed by atoms with Gasteiger partial charge in [0.25, 0.3) is 0 Å². The lowest BCUT2D eigenvalue weighted by atomic mass is 10.0. The van der Waals surface area contributed by atoms with Crippen molar-refractivity contribution in [2.75, 3.05) is 5.73 Å². The van der Waals surface area contributed by atoms with Gasteiger partial charge in [0.2, 0.25) is 5.88 Å². The number of nitrogens with two attached hydrogens (primary N) is 1. The maximum absolute atomic E-state index is 13.4. The van der Waals surface area contributed by atoms with Gasteiger partial charge in [-0.25, -0.2) is 8.78 Å². The van der Waals surface area contributed by atoms with Crippen LogP contribution in [0.2, 0.25) is 0 Å². The third-order valence-corrected chi connectivity index (χ3v) is 3.57. The Balaban J connectivity index is 2.16. The fourth-order valence-corrected chi connectivity index (χ4v) is 2.30. The zero-order valence-electron chi connectivity index (χ0n) is 10.6. The van der Waals surface area contributed by atoms with Gasteiger partial charge in [0, 0.05) is 10.0 Å². The molecule has 6 heteroatoms. The molecule has 106 valence electrons. The smallest absolute Gasteiger partial charge is 0.230 e. The van der Waals surface area contributed by atoms with Crippen LogP contribution in [-0.4, -0.2) is 5.16 Å². The van der Waals surface area contributed by atoms with E-state index < -0.39 is 11.6 Å². The van der Waals surface area contributed by atoms with Crippen LogP contribution in [0.3, 0.4) is 0 Å². The quantitative estimate of drug-likeness (QED) is 0.732. The second-order valence-electron chi connectivity index (χ2n) is 4.41. The Bertz CT molecular complexity index is 800. The van der Waals surface area contributed by atoms with Crippen molar-refractivity contribution in [1.29, 1.82) is 0 Å². The van der Waals surface area contributed by atoms with Crippen LogP contribution in [0.25, 0.3) is 22.4 Å². The maximum Gasteiger partial charge on any atom is 0.230 e. The van der Waals surface area contributed by atoms with Crippen LogP contribution in [0.5, 0.6) is 0 Å². The van der Waals surface area contributed by atoms with Crippen LogP contribution < -0.4 is 5.73 Å². The van der Waals surface area contributed by atoms with E-state index in [4.69, 9.17) is 10.3 Å². The minimum Gasteiger partial charge on any atom is -0.367 e. The largest absolute Gasteiger partial charge is 0.367 e. The van der Waals surface area contributed by atoms with E-state index in [0.717, 1.165) is 22.2 Å². The molecule has 0 bridgehead atoms. The highest BCUT2D eigenvalue weighted by Crippen LogP contribution is 2.36. The van der Waals surface area contributed by atoms with E-state index in [2.05, 4.69) is 21.1 Å². The minimum absolute atomic E-state index is 0.122. The summed E-state index contributed by atoms with van der Waals surface area (Å²) < 4.78 is 32.3. The van der Waals surface area contributed by atoms with Crippen molar-refractivity contribution in [3.63, 3.8) is 0 Å². The predicted molar refractivity (Wildman–Crippen MR) is 79.4 cm³/mol. The summed E-state index contributed by atoms with van der Waals surface area (Å²) >= 11 is 3.35. The van der Waals surface area contributed by atoms with Crippen molar-refractivity contribution < 1.29 is 13.3 Å². The summed E-state index contributed by atoms with van der Waals surface area (Å²) in [5.41, 5.74) is 7.90. The van der Waals surface area contributed by atoms with Crippen LogP contribution in [0.4, 0.5) is 14.7 Å². The van der Waals surface area contributed by atoms with Crippen LogP contribution in [0.15, 0.2) is 51.5 Å². The normalized spacial score (nSPS) is 10.8.